The maximum absolute atomic E-state index is 6.42. The standard InChI is InChI=1S/C31H43N5O2.H2O/c1-33-31(32)36(30-27-14-7-6-11-25(27)23-38-30)28-22-24(15-16-29(28)37-2)10-8-9-17-34-18-20-35(21-19-34)26-12-4-3-5-13-26;/h6-7,11,14-16,22-23,26H,3-5,8-10,12-13,17-21H2,1-2H3,(H2,32,33);1H2. The van der Waals surface area contributed by atoms with Gasteiger partial charge >= 0.3 is 0 Å². The summed E-state index contributed by atoms with van der Waals surface area (Å²) in [6.07, 6.45) is 12.2. The minimum absolute atomic E-state index is 0. The van der Waals surface area contributed by atoms with E-state index in [9.17, 15) is 0 Å². The van der Waals surface area contributed by atoms with Gasteiger partial charge in [-0.15, -0.1) is 0 Å². The first-order valence-electron chi connectivity index (χ1n) is 14.3. The molecule has 0 spiro atoms. The van der Waals surface area contributed by atoms with Crippen molar-refractivity contribution in [3.63, 3.8) is 0 Å². The highest BCUT2D eigenvalue weighted by atomic mass is 16.5. The average molecular weight is 536 g/mol. The fraction of sp³-hybridized carbons (Fsp3) is 0.516. The molecular formula is C31H45N5O3. The van der Waals surface area contributed by atoms with E-state index in [2.05, 4.69) is 26.9 Å². The van der Waals surface area contributed by atoms with Crippen LogP contribution in [0.15, 0.2) is 58.1 Å². The van der Waals surface area contributed by atoms with E-state index in [1.54, 1.807) is 20.4 Å². The minimum atomic E-state index is 0. The Balaban J connectivity index is 0.00000353. The second-order valence-electron chi connectivity index (χ2n) is 10.7. The lowest BCUT2D eigenvalue weighted by Crippen LogP contribution is -2.50. The monoisotopic (exact) mass is 535 g/mol. The van der Waals surface area contributed by atoms with Gasteiger partial charge in [0.15, 0.2) is 0 Å². The average Bonchev–Trinajstić information content (AvgIpc) is 3.40. The van der Waals surface area contributed by atoms with E-state index in [0.29, 0.717) is 11.8 Å². The van der Waals surface area contributed by atoms with Crippen molar-refractivity contribution < 1.29 is 14.6 Å². The molecule has 2 fully saturated rings. The Kier molecular flexibility index (Phi) is 10.3. The zero-order valence-corrected chi connectivity index (χ0v) is 23.6. The summed E-state index contributed by atoms with van der Waals surface area (Å²) < 4.78 is 11.7. The number of fused-ring (bicyclic) bond motifs is 1. The molecule has 2 aromatic carbocycles. The number of aliphatic imine (C=N–C) groups is 1. The second kappa shape index (κ2) is 13.8. The molecule has 2 aliphatic rings. The van der Waals surface area contributed by atoms with Crippen LogP contribution in [0.1, 0.15) is 50.5 Å². The molecule has 2 heterocycles. The van der Waals surface area contributed by atoms with Crippen LogP contribution < -0.4 is 15.4 Å². The lowest BCUT2D eigenvalue weighted by molar-refractivity contribution is 0.0782. The van der Waals surface area contributed by atoms with Crippen LogP contribution in [0.4, 0.5) is 11.6 Å². The van der Waals surface area contributed by atoms with E-state index in [-0.39, 0.29) is 5.48 Å². The highest BCUT2D eigenvalue weighted by Gasteiger charge is 2.25. The predicted octanol–water partition coefficient (Wildman–Crippen LogP) is 4.97. The number of anilines is 2. The molecule has 1 saturated carbocycles. The number of methoxy groups -OCH3 is 1. The Morgan fingerprint density at radius 1 is 1.05 bits per heavy atom. The molecule has 1 aromatic heterocycles. The summed E-state index contributed by atoms with van der Waals surface area (Å²) >= 11 is 0. The Morgan fingerprint density at radius 3 is 2.56 bits per heavy atom. The molecule has 0 amide bonds. The lowest BCUT2D eigenvalue weighted by atomic mass is 9.94. The summed E-state index contributed by atoms with van der Waals surface area (Å²) in [5.74, 6) is 1.73. The molecular weight excluding hydrogens is 490 g/mol. The topological polar surface area (TPSA) is 102 Å². The highest BCUT2D eigenvalue weighted by Crippen LogP contribution is 2.39. The molecule has 4 N–H and O–H groups in total. The van der Waals surface area contributed by atoms with Gasteiger partial charge in [-0.3, -0.25) is 9.89 Å². The van der Waals surface area contributed by atoms with Gasteiger partial charge < -0.3 is 25.3 Å². The van der Waals surface area contributed by atoms with Gasteiger partial charge in [-0.1, -0.05) is 43.5 Å². The Hall–Kier alpha value is -3.07. The van der Waals surface area contributed by atoms with Crippen molar-refractivity contribution in [1.29, 1.82) is 0 Å². The smallest absolute Gasteiger partial charge is 0.214 e. The first-order valence-corrected chi connectivity index (χ1v) is 14.3. The zero-order valence-electron chi connectivity index (χ0n) is 23.6. The van der Waals surface area contributed by atoms with Gasteiger partial charge in [0, 0.05) is 50.0 Å². The summed E-state index contributed by atoms with van der Waals surface area (Å²) in [4.78, 5) is 11.6. The van der Waals surface area contributed by atoms with Gasteiger partial charge in [0.05, 0.1) is 12.8 Å². The van der Waals surface area contributed by atoms with Gasteiger partial charge in [0.1, 0.15) is 12.0 Å². The van der Waals surface area contributed by atoms with Gasteiger partial charge in [-0.2, -0.15) is 0 Å². The van der Waals surface area contributed by atoms with Gasteiger partial charge in [-0.05, 0) is 62.4 Å². The van der Waals surface area contributed by atoms with E-state index >= 15 is 0 Å². The van der Waals surface area contributed by atoms with Gasteiger partial charge in [0.25, 0.3) is 0 Å². The molecule has 5 rings (SSSR count). The molecule has 1 aliphatic carbocycles. The summed E-state index contributed by atoms with van der Waals surface area (Å²) in [6.45, 7) is 6.09. The number of furan rings is 1. The molecule has 1 saturated heterocycles. The molecule has 0 atom stereocenters. The van der Waals surface area contributed by atoms with Crippen LogP contribution in [0, 0.1) is 0 Å². The van der Waals surface area contributed by atoms with E-state index in [4.69, 9.17) is 14.9 Å². The first kappa shape index (κ1) is 28.9. The van der Waals surface area contributed by atoms with Crippen molar-refractivity contribution in [2.24, 2.45) is 10.7 Å². The van der Waals surface area contributed by atoms with E-state index in [0.717, 1.165) is 41.1 Å². The van der Waals surface area contributed by atoms with Crippen LogP contribution in [0.3, 0.4) is 0 Å². The van der Waals surface area contributed by atoms with E-state index < -0.39 is 0 Å². The van der Waals surface area contributed by atoms with Crippen LogP contribution >= 0.6 is 0 Å². The van der Waals surface area contributed by atoms with Crippen LogP contribution in [0.25, 0.3) is 10.8 Å². The number of hydrogen-bond acceptors (Lipinski definition) is 5. The summed E-state index contributed by atoms with van der Waals surface area (Å²) in [6, 6.07) is 15.3. The van der Waals surface area contributed by atoms with E-state index in [1.165, 1.54) is 76.8 Å². The zero-order chi connectivity index (χ0) is 26.3. The number of guanidine groups is 1. The molecule has 1 aliphatic heterocycles. The van der Waals surface area contributed by atoms with Gasteiger partial charge in [-0.25, -0.2) is 4.90 Å². The summed E-state index contributed by atoms with van der Waals surface area (Å²) in [5.41, 5.74) is 8.52. The van der Waals surface area contributed by atoms with Crippen LogP contribution in [-0.4, -0.2) is 74.2 Å². The third kappa shape index (κ3) is 6.75. The number of aryl methyl sites for hydroxylation is 1. The first-order chi connectivity index (χ1) is 18.7. The number of nitrogens with zero attached hydrogens (tertiary/aromatic N) is 4. The minimum Gasteiger partial charge on any atom is -0.495 e. The molecule has 212 valence electrons. The predicted molar refractivity (Wildman–Crippen MR) is 160 cm³/mol. The van der Waals surface area contributed by atoms with Crippen LogP contribution in [-0.2, 0) is 6.42 Å². The largest absolute Gasteiger partial charge is 0.495 e. The molecule has 3 aromatic rings. The van der Waals surface area contributed by atoms with E-state index in [1.807, 2.05) is 35.2 Å². The molecule has 0 radical (unpaired) electrons. The second-order valence-corrected chi connectivity index (χ2v) is 10.7. The van der Waals surface area contributed by atoms with Gasteiger partial charge in [0.2, 0.25) is 11.8 Å². The van der Waals surface area contributed by atoms with Crippen molar-refractivity contribution in [2.45, 2.75) is 57.4 Å². The van der Waals surface area contributed by atoms with Crippen molar-refractivity contribution in [3.8, 4) is 5.75 Å². The van der Waals surface area contributed by atoms with Crippen molar-refractivity contribution in [2.75, 3.05) is 51.8 Å². The van der Waals surface area contributed by atoms with Crippen molar-refractivity contribution in [3.05, 3.63) is 54.3 Å². The molecule has 0 bridgehead atoms. The Morgan fingerprint density at radius 2 is 1.82 bits per heavy atom. The number of benzene rings is 2. The third-order valence-corrected chi connectivity index (χ3v) is 8.32. The fourth-order valence-electron chi connectivity index (χ4n) is 6.12. The quantitative estimate of drug-likeness (QED) is 0.236. The number of unbranched alkanes of at least 4 members (excludes halogenated alkanes) is 1. The Bertz CT molecular complexity index is 1210. The van der Waals surface area contributed by atoms with Crippen molar-refractivity contribution >= 4 is 28.3 Å². The maximum atomic E-state index is 6.42. The summed E-state index contributed by atoms with van der Waals surface area (Å²) in [5, 5.41) is 2.00. The fourth-order valence-corrected chi connectivity index (χ4v) is 6.12. The SMILES string of the molecule is CN=C(N)N(c1cc(CCCCN2CCN(C3CCCCC3)CC2)ccc1OC)c1occ2ccccc12.O. The number of hydrogen-bond donors (Lipinski definition) is 1. The third-order valence-electron chi connectivity index (χ3n) is 8.32. The molecule has 8 nitrogen and oxygen atoms in total. The molecule has 8 heteroatoms. The maximum Gasteiger partial charge on any atom is 0.214 e. The highest BCUT2D eigenvalue weighted by molar-refractivity contribution is 6.08. The number of ether oxygens (including phenoxy) is 1. The Labute approximate surface area is 232 Å². The number of piperazine rings is 1. The number of nitrogens with two attached hydrogens (primary N) is 1. The van der Waals surface area contributed by atoms with Crippen molar-refractivity contribution in [1.82, 2.24) is 9.80 Å². The van der Waals surface area contributed by atoms with Crippen LogP contribution in [0.2, 0.25) is 0 Å². The lowest BCUT2D eigenvalue weighted by Gasteiger charge is -2.40. The molecule has 0 unspecified atom stereocenters. The number of rotatable bonds is 9. The molecule has 39 heavy (non-hydrogen) atoms. The summed E-state index contributed by atoms with van der Waals surface area (Å²) in [7, 11) is 3.38. The normalized spacial score (nSPS) is 17.7. The van der Waals surface area contributed by atoms with Crippen LogP contribution in [0.5, 0.6) is 5.75 Å².